The van der Waals surface area contributed by atoms with Crippen molar-refractivity contribution in [2.24, 2.45) is 4.99 Å². The molecule has 1 saturated heterocycles. The topological polar surface area (TPSA) is 63.9 Å². The molecule has 1 fully saturated rings. The van der Waals surface area contributed by atoms with Gasteiger partial charge in [-0.15, -0.1) is 29.3 Å². The van der Waals surface area contributed by atoms with Crippen LogP contribution in [0.2, 0.25) is 0 Å². The van der Waals surface area contributed by atoms with Crippen LogP contribution >= 0.6 is 22.7 Å². The minimum Gasteiger partial charge on any atom is -0.379 e. The third-order valence-corrected chi connectivity index (χ3v) is 8.22. The van der Waals surface area contributed by atoms with Crippen LogP contribution in [0.4, 0.5) is 5.69 Å². The van der Waals surface area contributed by atoms with Crippen LogP contribution < -0.4 is 4.80 Å². The number of morpholine rings is 1. The molecular formula is C20H21N3O3S3. The number of thiazole rings is 1. The molecule has 0 bridgehead atoms. The summed E-state index contributed by atoms with van der Waals surface area (Å²) in [6.07, 6.45) is 1.85. The number of allylic oxidation sites excluding steroid dienone is 1. The van der Waals surface area contributed by atoms with E-state index < -0.39 is 10.0 Å². The maximum atomic E-state index is 12.8. The van der Waals surface area contributed by atoms with Crippen LogP contribution in [-0.2, 0) is 21.3 Å². The number of benzene rings is 1. The average Bonchev–Trinajstić information content (AvgIpc) is 3.40. The lowest BCUT2D eigenvalue weighted by Crippen LogP contribution is -2.40. The summed E-state index contributed by atoms with van der Waals surface area (Å²) in [7, 11) is -3.50. The summed E-state index contributed by atoms with van der Waals surface area (Å²) in [4.78, 5) is 7.04. The standard InChI is InChI=1S/C20H21N3O3S3/c1-2-9-23-18(19-4-3-14-27-19)15-28-20(23)21-16-5-7-17(8-6-16)29(24,25)22-10-12-26-13-11-22/h2-8,14-15H,1,9-13H2. The first-order chi connectivity index (χ1) is 14.1. The van der Waals surface area contributed by atoms with E-state index >= 15 is 0 Å². The van der Waals surface area contributed by atoms with Crippen molar-refractivity contribution in [3.63, 3.8) is 0 Å². The van der Waals surface area contributed by atoms with Crippen molar-refractivity contribution in [2.75, 3.05) is 26.3 Å². The summed E-state index contributed by atoms with van der Waals surface area (Å²) in [5.74, 6) is 0. The zero-order valence-electron chi connectivity index (χ0n) is 15.7. The van der Waals surface area contributed by atoms with Gasteiger partial charge >= 0.3 is 0 Å². The third kappa shape index (κ3) is 4.29. The fourth-order valence-electron chi connectivity index (χ4n) is 3.09. The zero-order chi connectivity index (χ0) is 20.3. The first-order valence-corrected chi connectivity index (χ1v) is 12.4. The molecule has 1 aromatic carbocycles. The molecule has 0 saturated carbocycles. The summed E-state index contributed by atoms with van der Waals surface area (Å²) in [5.41, 5.74) is 1.82. The smallest absolute Gasteiger partial charge is 0.243 e. The molecule has 1 aliphatic heterocycles. The molecular weight excluding hydrogens is 426 g/mol. The Hall–Kier alpha value is -2.04. The molecule has 0 spiro atoms. The summed E-state index contributed by atoms with van der Waals surface area (Å²) in [6, 6.07) is 10.8. The molecule has 3 aromatic rings. The average molecular weight is 448 g/mol. The molecule has 4 rings (SSSR count). The first kappa shape index (κ1) is 20.2. The number of nitrogens with zero attached hydrogens (tertiary/aromatic N) is 3. The van der Waals surface area contributed by atoms with Gasteiger partial charge in [-0.3, -0.25) is 0 Å². The van der Waals surface area contributed by atoms with E-state index in [9.17, 15) is 8.42 Å². The van der Waals surface area contributed by atoms with Crippen LogP contribution in [0.25, 0.3) is 10.6 Å². The lowest BCUT2D eigenvalue weighted by molar-refractivity contribution is 0.0730. The molecule has 0 amide bonds. The van der Waals surface area contributed by atoms with E-state index in [4.69, 9.17) is 9.73 Å². The van der Waals surface area contributed by atoms with Gasteiger partial charge in [0.25, 0.3) is 0 Å². The van der Waals surface area contributed by atoms with E-state index in [1.54, 1.807) is 46.9 Å². The predicted octanol–water partition coefficient (Wildman–Crippen LogP) is 3.72. The Kier molecular flexibility index (Phi) is 6.12. The zero-order valence-corrected chi connectivity index (χ0v) is 18.2. The van der Waals surface area contributed by atoms with Crippen LogP contribution in [0, 0.1) is 0 Å². The van der Waals surface area contributed by atoms with Crippen LogP contribution in [-0.4, -0.2) is 43.6 Å². The van der Waals surface area contributed by atoms with Crippen molar-refractivity contribution in [3.05, 3.63) is 64.6 Å². The fourth-order valence-corrected chi connectivity index (χ4v) is 6.25. The van der Waals surface area contributed by atoms with Crippen LogP contribution in [0.1, 0.15) is 0 Å². The van der Waals surface area contributed by atoms with E-state index in [0.29, 0.717) is 38.5 Å². The molecule has 1 aliphatic rings. The Morgan fingerprint density at radius 3 is 2.55 bits per heavy atom. The molecule has 152 valence electrons. The molecule has 0 N–H and O–H groups in total. The lowest BCUT2D eigenvalue weighted by atomic mass is 10.3. The minimum atomic E-state index is -3.50. The molecule has 0 atom stereocenters. The number of sulfonamides is 1. The predicted molar refractivity (Wildman–Crippen MR) is 117 cm³/mol. The van der Waals surface area contributed by atoms with Gasteiger partial charge in [0.2, 0.25) is 10.0 Å². The van der Waals surface area contributed by atoms with Crippen molar-refractivity contribution in [2.45, 2.75) is 11.4 Å². The number of aromatic nitrogens is 1. The number of ether oxygens (including phenoxy) is 1. The number of hydrogen-bond donors (Lipinski definition) is 0. The molecule has 6 nitrogen and oxygen atoms in total. The van der Waals surface area contributed by atoms with Crippen molar-refractivity contribution < 1.29 is 13.2 Å². The van der Waals surface area contributed by atoms with Gasteiger partial charge in [0.05, 0.1) is 34.4 Å². The summed E-state index contributed by atoms with van der Waals surface area (Å²) in [5, 5.41) is 4.14. The Labute approximate surface area is 178 Å². The fraction of sp³-hybridized carbons (Fsp3) is 0.250. The van der Waals surface area contributed by atoms with Crippen LogP contribution in [0.15, 0.2) is 69.7 Å². The van der Waals surface area contributed by atoms with Gasteiger partial charge in [0.1, 0.15) is 0 Å². The van der Waals surface area contributed by atoms with Crippen molar-refractivity contribution in [3.8, 4) is 10.6 Å². The van der Waals surface area contributed by atoms with E-state index in [1.165, 1.54) is 9.18 Å². The van der Waals surface area contributed by atoms with Gasteiger partial charge in [0, 0.05) is 25.0 Å². The van der Waals surface area contributed by atoms with Crippen LogP contribution in [0.5, 0.6) is 0 Å². The normalized spacial score (nSPS) is 16.2. The van der Waals surface area contributed by atoms with E-state index in [-0.39, 0.29) is 4.90 Å². The molecule has 0 radical (unpaired) electrons. The Morgan fingerprint density at radius 2 is 1.90 bits per heavy atom. The van der Waals surface area contributed by atoms with Crippen LogP contribution in [0.3, 0.4) is 0 Å². The molecule has 3 heterocycles. The number of thiophene rings is 1. The highest BCUT2D eigenvalue weighted by molar-refractivity contribution is 7.89. The van der Waals surface area contributed by atoms with E-state index in [1.807, 2.05) is 12.1 Å². The second-order valence-electron chi connectivity index (χ2n) is 6.40. The number of rotatable bonds is 6. The van der Waals surface area contributed by atoms with Gasteiger partial charge in [-0.2, -0.15) is 4.31 Å². The van der Waals surface area contributed by atoms with E-state index in [2.05, 4.69) is 28.0 Å². The Morgan fingerprint density at radius 1 is 1.14 bits per heavy atom. The number of hydrogen-bond acceptors (Lipinski definition) is 6. The monoisotopic (exact) mass is 447 g/mol. The molecule has 2 aromatic heterocycles. The molecule has 0 unspecified atom stereocenters. The van der Waals surface area contributed by atoms with Gasteiger partial charge in [-0.1, -0.05) is 12.1 Å². The van der Waals surface area contributed by atoms with Gasteiger partial charge < -0.3 is 9.30 Å². The maximum Gasteiger partial charge on any atom is 0.243 e. The lowest BCUT2D eigenvalue weighted by Gasteiger charge is -2.26. The largest absolute Gasteiger partial charge is 0.379 e. The van der Waals surface area contributed by atoms with Crippen molar-refractivity contribution in [1.29, 1.82) is 0 Å². The highest BCUT2D eigenvalue weighted by atomic mass is 32.2. The second-order valence-corrected chi connectivity index (χ2v) is 10.1. The first-order valence-electron chi connectivity index (χ1n) is 9.15. The second kappa shape index (κ2) is 8.76. The molecule has 0 aliphatic carbocycles. The quantitative estimate of drug-likeness (QED) is 0.541. The van der Waals surface area contributed by atoms with Gasteiger partial charge in [-0.05, 0) is 35.7 Å². The highest BCUT2D eigenvalue weighted by Gasteiger charge is 2.26. The molecule has 9 heteroatoms. The Bertz CT molecular complexity index is 1140. The minimum absolute atomic E-state index is 0.280. The van der Waals surface area contributed by atoms with E-state index in [0.717, 1.165) is 10.5 Å². The van der Waals surface area contributed by atoms with Gasteiger partial charge in [-0.25, -0.2) is 13.4 Å². The Balaban J connectivity index is 1.65. The summed E-state index contributed by atoms with van der Waals surface area (Å²) < 4.78 is 34.3. The summed E-state index contributed by atoms with van der Waals surface area (Å²) >= 11 is 3.24. The highest BCUT2D eigenvalue weighted by Crippen LogP contribution is 2.26. The summed E-state index contributed by atoms with van der Waals surface area (Å²) in [6.45, 7) is 6.14. The van der Waals surface area contributed by atoms with Crippen molar-refractivity contribution in [1.82, 2.24) is 8.87 Å². The SMILES string of the molecule is C=CCn1c(-c2cccs2)csc1=Nc1ccc(S(=O)(=O)N2CCOCC2)cc1. The molecule has 29 heavy (non-hydrogen) atoms. The maximum absolute atomic E-state index is 12.8. The van der Waals surface area contributed by atoms with Crippen molar-refractivity contribution >= 4 is 38.4 Å². The third-order valence-electron chi connectivity index (χ3n) is 4.55. The van der Waals surface area contributed by atoms with Gasteiger partial charge in [0.15, 0.2) is 4.80 Å².